The van der Waals surface area contributed by atoms with E-state index in [1.54, 1.807) is 18.3 Å². The van der Waals surface area contributed by atoms with Crippen molar-refractivity contribution in [3.05, 3.63) is 48.2 Å². The first-order chi connectivity index (χ1) is 8.72. The van der Waals surface area contributed by atoms with E-state index in [1.165, 1.54) is 5.56 Å². The minimum Gasteiger partial charge on any atom is -0.437 e. The summed E-state index contributed by atoms with van der Waals surface area (Å²) < 4.78 is 5.83. The Morgan fingerprint density at radius 2 is 2.00 bits per heavy atom. The molecular formula is C15H18N2O. The highest BCUT2D eigenvalue weighted by Gasteiger charge is 2.11. The lowest BCUT2D eigenvalue weighted by Crippen LogP contribution is -1.99. The van der Waals surface area contributed by atoms with Gasteiger partial charge in [0.1, 0.15) is 5.75 Å². The molecule has 0 aliphatic carbocycles. The van der Waals surface area contributed by atoms with Gasteiger partial charge in [0.2, 0.25) is 5.88 Å². The third kappa shape index (κ3) is 2.62. The van der Waals surface area contributed by atoms with Crippen LogP contribution >= 0.6 is 0 Å². The van der Waals surface area contributed by atoms with Gasteiger partial charge in [0.25, 0.3) is 0 Å². The summed E-state index contributed by atoms with van der Waals surface area (Å²) >= 11 is 0. The predicted molar refractivity (Wildman–Crippen MR) is 73.9 cm³/mol. The highest BCUT2D eigenvalue weighted by atomic mass is 16.5. The number of pyridine rings is 1. The molecule has 1 atom stereocenters. The van der Waals surface area contributed by atoms with Gasteiger partial charge in [0, 0.05) is 6.20 Å². The molecule has 1 aromatic heterocycles. The van der Waals surface area contributed by atoms with E-state index < -0.39 is 0 Å². The second kappa shape index (κ2) is 5.54. The van der Waals surface area contributed by atoms with Crippen molar-refractivity contribution >= 4 is 5.69 Å². The zero-order valence-electron chi connectivity index (χ0n) is 10.8. The smallest absolute Gasteiger partial charge is 0.242 e. The summed E-state index contributed by atoms with van der Waals surface area (Å²) in [6.45, 7) is 4.35. The first kappa shape index (κ1) is 12.4. The van der Waals surface area contributed by atoms with Crippen molar-refractivity contribution in [2.45, 2.75) is 26.2 Å². The van der Waals surface area contributed by atoms with Gasteiger partial charge in [-0.2, -0.15) is 0 Å². The molecule has 0 spiro atoms. The van der Waals surface area contributed by atoms with Crippen molar-refractivity contribution in [1.29, 1.82) is 0 Å². The van der Waals surface area contributed by atoms with E-state index in [0.717, 1.165) is 12.2 Å². The Balaban J connectivity index is 2.32. The molecule has 0 aliphatic heterocycles. The molecule has 1 heterocycles. The number of rotatable bonds is 4. The molecule has 0 amide bonds. The van der Waals surface area contributed by atoms with Crippen LogP contribution in [0, 0.1) is 0 Å². The van der Waals surface area contributed by atoms with Gasteiger partial charge in [-0.25, -0.2) is 4.98 Å². The van der Waals surface area contributed by atoms with E-state index in [9.17, 15) is 0 Å². The van der Waals surface area contributed by atoms with Crippen LogP contribution < -0.4 is 10.5 Å². The highest BCUT2D eigenvalue weighted by Crippen LogP contribution is 2.32. The number of hydrogen-bond donors (Lipinski definition) is 1. The van der Waals surface area contributed by atoms with E-state index in [4.69, 9.17) is 10.5 Å². The van der Waals surface area contributed by atoms with Crippen LogP contribution in [0.5, 0.6) is 11.6 Å². The molecule has 2 N–H and O–H groups in total. The maximum absolute atomic E-state index is 5.84. The molecule has 3 heteroatoms. The van der Waals surface area contributed by atoms with Gasteiger partial charge in [-0.3, -0.25) is 0 Å². The fraction of sp³-hybridized carbons (Fsp3) is 0.267. The average Bonchev–Trinajstić information content (AvgIpc) is 2.41. The lowest BCUT2D eigenvalue weighted by molar-refractivity contribution is 0.454. The van der Waals surface area contributed by atoms with E-state index >= 15 is 0 Å². The maximum Gasteiger partial charge on any atom is 0.242 e. The zero-order chi connectivity index (χ0) is 13.0. The number of hydrogen-bond acceptors (Lipinski definition) is 3. The number of para-hydroxylation sites is 1. The molecule has 1 aromatic carbocycles. The number of anilines is 1. The summed E-state index contributed by atoms with van der Waals surface area (Å²) in [5.74, 6) is 1.75. The van der Waals surface area contributed by atoms with Gasteiger partial charge >= 0.3 is 0 Å². The van der Waals surface area contributed by atoms with Gasteiger partial charge in [-0.15, -0.1) is 0 Å². The molecule has 0 radical (unpaired) electrons. The van der Waals surface area contributed by atoms with Crippen LogP contribution in [-0.2, 0) is 0 Å². The fourth-order valence-electron chi connectivity index (χ4n) is 1.79. The van der Waals surface area contributed by atoms with Crippen LogP contribution in [0.3, 0.4) is 0 Å². The van der Waals surface area contributed by atoms with Crippen LogP contribution in [-0.4, -0.2) is 4.98 Å². The Morgan fingerprint density at radius 3 is 2.72 bits per heavy atom. The molecule has 2 aromatic rings. The Kier molecular flexibility index (Phi) is 3.82. The van der Waals surface area contributed by atoms with Gasteiger partial charge in [0.15, 0.2) is 0 Å². The van der Waals surface area contributed by atoms with Crippen LogP contribution in [0.15, 0.2) is 42.6 Å². The Bertz CT molecular complexity index is 525. The van der Waals surface area contributed by atoms with Crippen LogP contribution in [0.4, 0.5) is 5.69 Å². The average molecular weight is 242 g/mol. The second-order valence-electron chi connectivity index (χ2n) is 4.35. The normalized spacial score (nSPS) is 12.1. The van der Waals surface area contributed by atoms with Crippen molar-refractivity contribution in [2.24, 2.45) is 0 Å². The van der Waals surface area contributed by atoms with Crippen LogP contribution in [0.1, 0.15) is 31.7 Å². The summed E-state index contributed by atoms with van der Waals surface area (Å²) in [6.07, 6.45) is 2.75. The van der Waals surface area contributed by atoms with Crippen LogP contribution in [0.25, 0.3) is 0 Å². The summed E-state index contributed by atoms with van der Waals surface area (Å²) in [4.78, 5) is 4.15. The summed E-state index contributed by atoms with van der Waals surface area (Å²) in [7, 11) is 0. The highest BCUT2D eigenvalue weighted by molar-refractivity contribution is 5.50. The predicted octanol–water partition coefficient (Wildman–Crippen LogP) is 3.97. The minimum absolute atomic E-state index is 0.450. The number of nitrogens with two attached hydrogens (primary N) is 1. The monoisotopic (exact) mass is 242 g/mol. The maximum atomic E-state index is 5.84. The summed E-state index contributed by atoms with van der Waals surface area (Å²) in [5, 5.41) is 0. The standard InChI is InChI=1S/C15H18N2O/c1-3-11(2)12-7-4-5-9-14(12)18-15-13(16)8-6-10-17-15/h4-11H,3,16H2,1-2H3. The number of ether oxygens (including phenoxy) is 1. The second-order valence-corrected chi connectivity index (χ2v) is 4.35. The van der Waals surface area contributed by atoms with Gasteiger partial charge in [0.05, 0.1) is 5.69 Å². The molecule has 1 unspecified atom stereocenters. The SMILES string of the molecule is CCC(C)c1ccccc1Oc1ncccc1N. The summed E-state index contributed by atoms with van der Waals surface area (Å²) in [6, 6.07) is 11.6. The molecule has 0 saturated heterocycles. The molecule has 0 fully saturated rings. The van der Waals surface area contributed by atoms with E-state index in [-0.39, 0.29) is 0 Å². The number of nitrogen functional groups attached to an aromatic ring is 1. The van der Waals surface area contributed by atoms with E-state index in [1.807, 2.05) is 18.2 Å². The quantitative estimate of drug-likeness (QED) is 0.882. The zero-order valence-corrected chi connectivity index (χ0v) is 10.8. The largest absolute Gasteiger partial charge is 0.437 e. The molecule has 0 bridgehead atoms. The third-order valence-electron chi connectivity index (χ3n) is 3.07. The van der Waals surface area contributed by atoms with Crippen molar-refractivity contribution < 1.29 is 4.74 Å². The Hall–Kier alpha value is -2.03. The molecule has 94 valence electrons. The first-order valence-electron chi connectivity index (χ1n) is 6.19. The van der Waals surface area contributed by atoms with Crippen molar-refractivity contribution in [2.75, 3.05) is 5.73 Å². The molecular weight excluding hydrogens is 224 g/mol. The molecule has 0 saturated carbocycles. The van der Waals surface area contributed by atoms with Gasteiger partial charge in [-0.1, -0.05) is 32.0 Å². The number of aromatic nitrogens is 1. The van der Waals surface area contributed by atoms with E-state index in [2.05, 4.69) is 24.9 Å². The fourth-order valence-corrected chi connectivity index (χ4v) is 1.79. The summed E-state index contributed by atoms with van der Waals surface area (Å²) in [5.41, 5.74) is 7.58. The molecule has 18 heavy (non-hydrogen) atoms. The topological polar surface area (TPSA) is 48.1 Å². The van der Waals surface area contributed by atoms with Crippen molar-refractivity contribution in [1.82, 2.24) is 4.98 Å². The lowest BCUT2D eigenvalue weighted by Gasteiger charge is -2.15. The minimum atomic E-state index is 0.450. The Labute approximate surface area is 108 Å². The van der Waals surface area contributed by atoms with Gasteiger partial charge < -0.3 is 10.5 Å². The molecule has 2 rings (SSSR count). The van der Waals surface area contributed by atoms with Crippen molar-refractivity contribution in [3.63, 3.8) is 0 Å². The first-order valence-corrected chi connectivity index (χ1v) is 6.19. The lowest BCUT2D eigenvalue weighted by atomic mass is 9.98. The number of benzene rings is 1. The molecule has 3 nitrogen and oxygen atoms in total. The van der Waals surface area contributed by atoms with E-state index in [0.29, 0.717) is 17.5 Å². The van der Waals surface area contributed by atoms with Crippen LogP contribution in [0.2, 0.25) is 0 Å². The third-order valence-corrected chi connectivity index (χ3v) is 3.07. The number of nitrogens with zero attached hydrogens (tertiary/aromatic N) is 1. The Morgan fingerprint density at radius 1 is 1.22 bits per heavy atom. The van der Waals surface area contributed by atoms with Gasteiger partial charge in [-0.05, 0) is 36.1 Å². The molecule has 0 aliphatic rings. The van der Waals surface area contributed by atoms with Crippen molar-refractivity contribution in [3.8, 4) is 11.6 Å².